The van der Waals surface area contributed by atoms with Crippen LogP contribution in [0.15, 0.2) is 91.0 Å². The Morgan fingerprint density at radius 2 is 1.26 bits per heavy atom. The average molecular weight is 416 g/mol. The molecule has 31 heavy (non-hydrogen) atoms. The van der Waals surface area contributed by atoms with E-state index in [1.165, 1.54) is 11.1 Å². The second-order valence-electron chi connectivity index (χ2n) is 7.69. The van der Waals surface area contributed by atoms with Gasteiger partial charge in [-0.05, 0) is 29.0 Å². The minimum Gasteiger partial charge on any atom is -0.456 e. The standard InChI is InChI=1S/C27H29NO3/c1-21(22-11-5-2-6-12-22)19-27(30)31-20-26(29)28-18-17-25(23-13-7-3-8-14-23)24-15-9-4-10-16-24/h2-16,21,25H,17-20H2,1H3,(H,28,29)/t21-/m0/s1. The van der Waals surface area contributed by atoms with E-state index in [1.54, 1.807) is 0 Å². The Labute approximate surface area is 184 Å². The van der Waals surface area contributed by atoms with E-state index in [4.69, 9.17) is 4.74 Å². The van der Waals surface area contributed by atoms with E-state index in [0.717, 1.165) is 12.0 Å². The highest BCUT2D eigenvalue weighted by Crippen LogP contribution is 2.27. The smallest absolute Gasteiger partial charge is 0.306 e. The zero-order chi connectivity index (χ0) is 21.9. The third kappa shape index (κ3) is 7.10. The monoisotopic (exact) mass is 415 g/mol. The van der Waals surface area contributed by atoms with Crippen molar-refractivity contribution in [3.8, 4) is 0 Å². The number of benzene rings is 3. The molecule has 0 spiro atoms. The van der Waals surface area contributed by atoms with Gasteiger partial charge in [0.25, 0.3) is 5.91 Å². The number of carbonyl (C=O) groups excluding carboxylic acids is 2. The summed E-state index contributed by atoms with van der Waals surface area (Å²) in [5, 5.41) is 2.88. The third-order valence-electron chi connectivity index (χ3n) is 5.36. The SMILES string of the molecule is C[C@@H](CC(=O)OCC(=O)NCCC(c1ccccc1)c1ccccc1)c1ccccc1. The van der Waals surface area contributed by atoms with Crippen molar-refractivity contribution in [3.05, 3.63) is 108 Å². The molecule has 0 aliphatic carbocycles. The number of nitrogens with one attached hydrogen (secondary N) is 1. The molecule has 0 heterocycles. The van der Waals surface area contributed by atoms with Gasteiger partial charge in [-0.25, -0.2) is 0 Å². The fourth-order valence-corrected chi connectivity index (χ4v) is 3.66. The van der Waals surface area contributed by atoms with Crippen LogP contribution in [-0.4, -0.2) is 25.0 Å². The van der Waals surface area contributed by atoms with E-state index >= 15 is 0 Å². The molecule has 3 rings (SSSR count). The molecule has 0 aliphatic heterocycles. The van der Waals surface area contributed by atoms with E-state index in [9.17, 15) is 9.59 Å². The van der Waals surface area contributed by atoms with E-state index in [0.29, 0.717) is 6.54 Å². The van der Waals surface area contributed by atoms with Crippen LogP contribution < -0.4 is 5.32 Å². The molecule has 0 bridgehead atoms. The fraction of sp³-hybridized carbons (Fsp3) is 0.259. The zero-order valence-electron chi connectivity index (χ0n) is 17.9. The van der Waals surface area contributed by atoms with Crippen LogP contribution in [0.2, 0.25) is 0 Å². The summed E-state index contributed by atoms with van der Waals surface area (Å²) in [6.07, 6.45) is 1.01. The summed E-state index contributed by atoms with van der Waals surface area (Å²) >= 11 is 0. The quantitative estimate of drug-likeness (QED) is 0.471. The van der Waals surface area contributed by atoms with E-state index in [2.05, 4.69) is 29.6 Å². The second kappa shape index (κ2) is 11.7. The van der Waals surface area contributed by atoms with Crippen molar-refractivity contribution in [3.63, 3.8) is 0 Å². The first-order chi connectivity index (χ1) is 15.1. The lowest BCUT2D eigenvalue weighted by Crippen LogP contribution is -2.30. The van der Waals surface area contributed by atoms with Gasteiger partial charge in [0.15, 0.2) is 6.61 Å². The van der Waals surface area contributed by atoms with Crippen molar-refractivity contribution in [2.75, 3.05) is 13.2 Å². The predicted molar refractivity (Wildman–Crippen MR) is 123 cm³/mol. The van der Waals surface area contributed by atoms with Crippen LogP contribution in [0.25, 0.3) is 0 Å². The lowest BCUT2D eigenvalue weighted by atomic mass is 9.88. The molecule has 3 aromatic carbocycles. The highest BCUT2D eigenvalue weighted by atomic mass is 16.5. The molecule has 4 heteroatoms. The van der Waals surface area contributed by atoms with E-state index < -0.39 is 0 Å². The molecule has 1 amide bonds. The Kier molecular flexibility index (Phi) is 8.41. The summed E-state index contributed by atoms with van der Waals surface area (Å²) in [4.78, 5) is 24.3. The van der Waals surface area contributed by atoms with Crippen molar-refractivity contribution in [1.29, 1.82) is 0 Å². The molecule has 0 fully saturated rings. The van der Waals surface area contributed by atoms with Gasteiger partial charge < -0.3 is 10.1 Å². The normalized spacial score (nSPS) is 11.7. The van der Waals surface area contributed by atoms with Gasteiger partial charge in [-0.3, -0.25) is 9.59 Å². The van der Waals surface area contributed by atoms with Gasteiger partial charge in [-0.15, -0.1) is 0 Å². The molecule has 1 N–H and O–H groups in total. The molecule has 4 nitrogen and oxygen atoms in total. The molecule has 0 aromatic heterocycles. The van der Waals surface area contributed by atoms with Gasteiger partial charge in [0.2, 0.25) is 0 Å². The number of esters is 1. The fourth-order valence-electron chi connectivity index (χ4n) is 3.66. The molecule has 160 valence electrons. The summed E-state index contributed by atoms with van der Waals surface area (Å²) in [7, 11) is 0. The molecule has 1 atom stereocenters. The first kappa shape index (κ1) is 22.3. The number of rotatable bonds is 10. The Balaban J connectivity index is 1.44. The van der Waals surface area contributed by atoms with Gasteiger partial charge in [0.1, 0.15) is 0 Å². The van der Waals surface area contributed by atoms with Crippen LogP contribution in [0.4, 0.5) is 0 Å². The highest BCUT2D eigenvalue weighted by molar-refractivity contribution is 5.80. The molecule has 0 saturated carbocycles. The van der Waals surface area contributed by atoms with Gasteiger partial charge in [0, 0.05) is 12.5 Å². The average Bonchev–Trinajstić information content (AvgIpc) is 2.82. The Bertz CT molecular complexity index is 902. The molecular formula is C27H29NO3. The van der Waals surface area contributed by atoms with E-state index in [1.807, 2.05) is 73.7 Å². The Morgan fingerprint density at radius 3 is 1.77 bits per heavy atom. The van der Waals surface area contributed by atoms with Crippen LogP contribution >= 0.6 is 0 Å². The minimum absolute atomic E-state index is 0.0502. The van der Waals surface area contributed by atoms with Crippen molar-refractivity contribution in [2.24, 2.45) is 0 Å². The summed E-state index contributed by atoms with van der Waals surface area (Å²) in [5.74, 6) is -0.398. The van der Waals surface area contributed by atoms with Gasteiger partial charge in [0.05, 0.1) is 6.42 Å². The number of hydrogen-bond donors (Lipinski definition) is 1. The summed E-state index contributed by atoms with van der Waals surface area (Å²) < 4.78 is 5.17. The molecule has 0 saturated heterocycles. The zero-order valence-corrected chi connectivity index (χ0v) is 17.9. The summed E-state index contributed by atoms with van der Waals surface area (Å²) in [5.41, 5.74) is 3.50. The first-order valence-electron chi connectivity index (χ1n) is 10.7. The van der Waals surface area contributed by atoms with Gasteiger partial charge in [-0.2, -0.15) is 0 Å². The summed E-state index contributed by atoms with van der Waals surface area (Å²) in [6, 6.07) is 30.3. The number of carbonyl (C=O) groups is 2. The molecule has 0 aliphatic rings. The predicted octanol–water partition coefficient (Wildman–Crippen LogP) is 5.06. The van der Waals surface area contributed by atoms with Crippen LogP contribution in [0.3, 0.4) is 0 Å². The van der Waals surface area contributed by atoms with Crippen LogP contribution in [0.1, 0.15) is 48.3 Å². The van der Waals surface area contributed by atoms with Crippen LogP contribution in [0.5, 0.6) is 0 Å². The maximum absolute atomic E-state index is 12.2. The minimum atomic E-state index is -0.363. The van der Waals surface area contributed by atoms with Crippen LogP contribution in [0, 0.1) is 0 Å². The molecule has 0 radical (unpaired) electrons. The lowest BCUT2D eigenvalue weighted by Gasteiger charge is -2.18. The topological polar surface area (TPSA) is 55.4 Å². The second-order valence-corrected chi connectivity index (χ2v) is 7.69. The highest BCUT2D eigenvalue weighted by Gasteiger charge is 2.16. The Hall–Kier alpha value is -3.40. The molecular weight excluding hydrogens is 386 g/mol. The van der Waals surface area contributed by atoms with Crippen molar-refractivity contribution in [2.45, 2.75) is 31.6 Å². The third-order valence-corrected chi connectivity index (χ3v) is 5.36. The maximum Gasteiger partial charge on any atom is 0.306 e. The van der Waals surface area contributed by atoms with Crippen LogP contribution in [-0.2, 0) is 14.3 Å². The summed E-state index contributed by atoms with van der Waals surface area (Å²) in [6.45, 7) is 2.23. The maximum atomic E-state index is 12.2. The number of ether oxygens (including phenoxy) is 1. The van der Waals surface area contributed by atoms with Crippen molar-refractivity contribution >= 4 is 11.9 Å². The molecule has 0 unspecified atom stereocenters. The number of hydrogen-bond acceptors (Lipinski definition) is 3. The number of amides is 1. The van der Waals surface area contributed by atoms with Gasteiger partial charge >= 0.3 is 5.97 Å². The van der Waals surface area contributed by atoms with Crippen molar-refractivity contribution < 1.29 is 14.3 Å². The van der Waals surface area contributed by atoms with E-state index in [-0.39, 0.29) is 36.7 Å². The largest absolute Gasteiger partial charge is 0.456 e. The van der Waals surface area contributed by atoms with Crippen molar-refractivity contribution in [1.82, 2.24) is 5.32 Å². The first-order valence-corrected chi connectivity index (χ1v) is 10.7. The molecule has 3 aromatic rings. The lowest BCUT2D eigenvalue weighted by molar-refractivity contribution is -0.148. The van der Waals surface area contributed by atoms with Gasteiger partial charge in [-0.1, -0.05) is 97.9 Å². The Morgan fingerprint density at radius 1 is 0.774 bits per heavy atom.